The Bertz CT molecular complexity index is 377. The number of hydrogen-bond donors (Lipinski definition) is 2. The Morgan fingerprint density at radius 2 is 2.18 bits per heavy atom. The second-order valence-electron chi connectivity index (χ2n) is 5.99. The van der Waals surface area contributed by atoms with Crippen LogP contribution in [0.5, 0.6) is 0 Å². The van der Waals surface area contributed by atoms with Crippen LogP contribution in [0.3, 0.4) is 0 Å². The van der Waals surface area contributed by atoms with E-state index in [0.717, 1.165) is 19.6 Å². The molecule has 128 valence electrons. The highest BCUT2D eigenvalue weighted by Crippen LogP contribution is 2.27. The minimum atomic E-state index is -0.404. The number of hydrogen-bond acceptors (Lipinski definition) is 4. The minimum absolute atomic E-state index is 0. The summed E-state index contributed by atoms with van der Waals surface area (Å²) in [5, 5.41) is 12.1. The number of aliphatic hydroxyl groups excluding tert-OH is 1. The monoisotopic (exact) mass is 333 g/mol. The van der Waals surface area contributed by atoms with Gasteiger partial charge in [0.05, 0.1) is 19.1 Å². The van der Waals surface area contributed by atoms with Gasteiger partial charge < -0.3 is 20.2 Å². The zero-order valence-electron chi connectivity index (χ0n) is 13.3. The summed E-state index contributed by atoms with van der Waals surface area (Å²) in [7, 11) is 0. The number of nitrogens with zero attached hydrogens (tertiary/aromatic N) is 2. The van der Waals surface area contributed by atoms with Crippen molar-refractivity contribution in [3.8, 4) is 0 Å². The summed E-state index contributed by atoms with van der Waals surface area (Å²) in [5.41, 5.74) is 0. The average Bonchev–Trinajstić information content (AvgIpc) is 2.43. The van der Waals surface area contributed by atoms with Crippen molar-refractivity contribution in [2.24, 2.45) is 5.92 Å². The molecule has 0 aromatic heterocycles. The predicted octanol–water partition coefficient (Wildman–Crippen LogP) is 0.240. The molecule has 2 rings (SSSR count). The Balaban J connectivity index is 0.00000242. The molecule has 1 aliphatic heterocycles. The zero-order valence-corrected chi connectivity index (χ0v) is 14.1. The lowest BCUT2D eigenvalue weighted by atomic mass is 9.85. The van der Waals surface area contributed by atoms with Gasteiger partial charge in [0.2, 0.25) is 11.8 Å². The Kier molecular flexibility index (Phi) is 8.14. The topological polar surface area (TPSA) is 72.9 Å². The van der Waals surface area contributed by atoms with E-state index in [1.54, 1.807) is 4.90 Å². The van der Waals surface area contributed by atoms with Gasteiger partial charge in [-0.2, -0.15) is 0 Å². The van der Waals surface area contributed by atoms with Gasteiger partial charge in [0.25, 0.3) is 0 Å². The maximum absolute atomic E-state index is 12.4. The molecular formula is C15H28ClN3O3. The van der Waals surface area contributed by atoms with Crippen molar-refractivity contribution in [1.82, 2.24) is 15.1 Å². The van der Waals surface area contributed by atoms with Crippen LogP contribution in [-0.2, 0) is 9.59 Å². The van der Waals surface area contributed by atoms with E-state index >= 15 is 0 Å². The number of rotatable bonds is 7. The first-order valence-corrected chi connectivity index (χ1v) is 8.06. The lowest BCUT2D eigenvalue weighted by Crippen LogP contribution is -2.57. The molecule has 1 atom stereocenters. The van der Waals surface area contributed by atoms with Crippen LogP contribution < -0.4 is 5.32 Å². The first-order chi connectivity index (χ1) is 10.2. The molecule has 1 saturated heterocycles. The van der Waals surface area contributed by atoms with Crippen molar-refractivity contribution in [1.29, 1.82) is 0 Å². The molecule has 0 spiro atoms. The molecule has 0 bridgehead atoms. The van der Waals surface area contributed by atoms with Gasteiger partial charge in [-0.1, -0.05) is 6.42 Å². The quantitative estimate of drug-likeness (QED) is 0.700. The van der Waals surface area contributed by atoms with Crippen molar-refractivity contribution < 1.29 is 14.7 Å². The van der Waals surface area contributed by atoms with Crippen molar-refractivity contribution in [2.75, 3.05) is 39.3 Å². The third-order valence-electron chi connectivity index (χ3n) is 4.57. The SMILES string of the molecule is CCN(CCO)C(=O)CC1NCCN(CC2CCC2)C1=O.Cl. The number of carbonyl (C=O) groups excluding carboxylic acids is 2. The maximum Gasteiger partial charge on any atom is 0.240 e. The lowest BCUT2D eigenvalue weighted by Gasteiger charge is -2.38. The van der Waals surface area contributed by atoms with E-state index in [2.05, 4.69) is 5.32 Å². The van der Waals surface area contributed by atoms with Crippen LogP contribution in [-0.4, -0.2) is 72.1 Å². The summed E-state index contributed by atoms with van der Waals surface area (Å²) in [4.78, 5) is 28.1. The average molecular weight is 334 g/mol. The molecule has 2 N–H and O–H groups in total. The number of halogens is 1. The van der Waals surface area contributed by atoms with E-state index in [1.165, 1.54) is 19.3 Å². The molecule has 1 heterocycles. The molecule has 22 heavy (non-hydrogen) atoms. The fourth-order valence-corrected chi connectivity index (χ4v) is 3.00. The van der Waals surface area contributed by atoms with E-state index < -0.39 is 6.04 Å². The molecule has 2 fully saturated rings. The van der Waals surface area contributed by atoms with E-state index in [9.17, 15) is 9.59 Å². The Morgan fingerprint density at radius 3 is 2.73 bits per heavy atom. The van der Waals surface area contributed by atoms with Crippen LogP contribution in [0.15, 0.2) is 0 Å². The molecule has 2 aliphatic rings. The van der Waals surface area contributed by atoms with Crippen LogP contribution >= 0.6 is 12.4 Å². The third kappa shape index (κ3) is 4.83. The summed E-state index contributed by atoms with van der Waals surface area (Å²) in [6.45, 7) is 5.08. The number of aliphatic hydroxyl groups is 1. The smallest absolute Gasteiger partial charge is 0.240 e. The van der Waals surface area contributed by atoms with Gasteiger partial charge in [0.15, 0.2) is 0 Å². The number of amides is 2. The van der Waals surface area contributed by atoms with Crippen LogP contribution in [0.1, 0.15) is 32.6 Å². The highest BCUT2D eigenvalue weighted by molar-refractivity contribution is 5.89. The van der Waals surface area contributed by atoms with Crippen LogP contribution in [0.4, 0.5) is 0 Å². The Morgan fingerprint density at radius 1 is 1.45 bits per heavy atom. The van der Waals surface area contributed by atoms with Crippen molar-refractivity contribution in [3.63, 3.8) is 0 Å². The summed E-state index contributed by atoms with van der Waals surface area (Å²) in [6, 6.07) is -0.404. The van der Waals surface area contributed by atoms with Crippen LogP contribution in [0, 0.1) is 5.92 Å². The van der Waals surface area contributed by atoms with Gasteiger partial charge in [-0.05, 0) is 25.7 Å². The lowest BCUT2D eigenvalue weighted by molar-refractivity contribution is -0.141. The Labute approximate surface area is 138 Å². The van der Waals surface area contributed by atoms with Gasteiger partial charge in [0.1, 0.15) is 0 Å². The van der Waals surface area contributed by atoms with Crippen molar-refractivity contribution in [2.45, 2.75) is 38.6 Å². The highest BCUT2D eigenvalue weighted by atomic mass is 35.5. The normalized spacial score (nSPS) is 22.0. The Hall–Kier alpha value is -0.850. The maximum atomic E-state index is 12.4. The molecule has 2 amide bonds. The predicted molar refractivity (Wildman–Crippen MR) is 86.9 cm³/mol. The molecule has 0 aromatic carbocycles. The molecule has 1 unspecified atom stereocenters. The molecule has 0 aromatic rings. The third-order valence-corrected chi connectivity index (χ3v) is 4.57. The summed E-state index contributed by atoms with van der Waals surface area (Å²) in [5.74, 6) is 0.648. The van der Waals surface area contributed by atoms with Gasteiger partial charge >= 0.3 is 0 Å². The van der Waals surface area contributed by atoms with Gasteiger partial charge in [-0.3, -0.25) is 9.59 Å². The standard InChI is InChI=1S/C15H27N3O3.ClH/c1-2-17(8-9-19)14(20)10-13-15(21)18(7-6-16-13)11-12-4-3-5-12;/h12-13,16,19H,2-11H2,1H3;1H. The van der Waals surface area contributed by atoms with Crippen molar-refractivity contribution in [3.05, 3.63) is 0 Å². The summed E-state index contributed by atoms with van der Waals surface area (Å²) in [6.07, 6.45) is 3.91. The first kappa shape index (κ1) is 19.2. The van der Waals surface area contributed by atoms with E-state index in [-0.39, 0.29) is 37.2 Å². The molecule has 7 heteroatoms. The summed E-state index contributed by atoms with van der Waals surface area (Å²) >= 11 is 0. The second-order valence-corrected chi connectivity index (χ2v) is 5.99. The molecule has 0 radical (unpaired) electrons. The summed E-state index contributed by atoms with van der Waals surface area (Å²) < 4.78 is 0. The molecule has 6 nitrogen and oxygen atoms in total. The first-order valence-electron chi connectivity index (χ1n) is 8.06. The van der Waals surface area contributed by atoms with E-state index in [0.29, 0.717) is 19.0 Å². The van der Waals surface area contributed by atoms with Crippen molar-refractivity contribution >= 4 is 24.2 Å². The van der Waals surface area contributed by atoms with E-state index in [4.69, 9.17) is 5.11 Å². The van der Waals surface area contributed by atoms with Crippen LogP contribution in [0.25, 0.3) is 0 Å². The molecular weight excluding hydrogens is 306 g/mol. The van der Waals surface area contributed by atoms with Gasteiger partial charge in [-0.25, -0.2) is 0 Å². The molecule has 1 saturated carbocycles. The number of carbonyl (C=O) groups is 2. The van der Waals surface area contributed by atoms with E-state index in [1.807, 2.05) is 11.8 Å². The number of likely N-dealkylation sites (N-methyl/N-ethyl adjacent to an activating group) is 1. The van der Waals surface area contributed by atoms with Gasteiger partial charge in [-0.15, -0.1) is 12.4 Å². The minimum Gasteiger partial charge on any atom is -0.395 e. The highest BCUT2D eigenvalue weighted by Gasteiger charge is 2.33. The largest absolute Gasteiger partial charge is 0.395 e. The fraction of sp³-hybridized carbons (Fsp3) is 0.867. The van der Waals surface area contributed by atoms with Crippen LogP contribution in [0.2, 0.25) is 0 Å². The van der Waals surface area contributed by atoms with Gasteiger partial charge in [0, 0.05) is 32.7 Å². The second kappa shape index (κ2) is 9.33. The fourth-order valence-electron chi connectivity index (χ4n) is 3.00. The number of nitrogens with one attached hydrogen (secondary N) is 1. The zero-order chi connectivity index (χ0) is 15.2. The number of piperazine rings is 1. The molecule has 1 aliphatic carbocycles.